The second kappa shape index (κ2) is 26.3. The van der Waals surface area contributed by atoms with Crippen molar-refractivity contribution in [1.29, 1.82) is 0 Å². The molecule has 12 N–H and O–H groups in total. The molecule has 9 rings (SSSR count). The smallest absolute Gasteiger partial charge is 0.0386 e. The van der Waals surface area contributed by atoms with E-state index in [9.17, 15) is 0 Å². The minimum atomic E-state index is 0.819. The zero-order valence-corrected chi connectivity index (χ0v) is 41.1. The third-order valence-corrected chi connectivity index (χ3v) is 13.0. The second-order valence-electron chi connectivity index (χ2n) is 19.3. The molecule has 370 valence electrons. The summed E-state index contributed by atoms with van der Waals surface area (Å²) in [6.45, 7) is 21.4. The highest BCUT2D eigenvalue weighted by Gasteiger charge is 2.13. The number of hydrogen-bond acceptors (Lipinski definition) is 11. The summed E-state index contributed by atoms with van der Waals surface area (Å²) in [6.07, 6.45) is 0. The lowest BCUT2D eigenvalue weighted by atomic mass is 10.3. The highest BCUT2D eigenvalue weighted by atomic mass is 15.2. The Hall–Kier alpha value is -4.76. The van der Waals surface area contributed by atoms with Crippen LogP contribution in [0.15, 0.2) is 72.8 Å². The molecule has 0 radical (unpaired) electrons. The average Bonchev–Trinajstić information content (AvgIpc) is 4.19. The van der Waals surface area contributed by atoms with Crippen LogP contribution in [0.1, 0.15) is 68.3 Å². The molecular weight excluding hydrogens is 851 g/mol. The van der Waals surface area contributed by atoms with Crippen LogP contribution in [0.2, 0.25) is 0 Å². The first kappa shape index (κ1) is 49.7. The highest BCUT2D eigenvalue weighted by molar-refractivity contribution is 5.18. The van der Waals surface area contributed by atoms with Crippen LogP contribution in [-0.2, 0) is 78.5 Å². The number of rotatable bonds is 0. The van der Waals surface area contributed by atoms with E-state index in [1.165, 1.54) is 68.3 Å². The van der Waals surface area contributed by atoms with Crippen LogP contribution in [0.25, 0.3) is 0 Å². The molecule has 0 unspecified atom stereocenters. The fourth-order valence-corrected chi connectivity index (χ4v) is 9.46. The number of aromatic amines is 6. The second-order valence-corrected chi connectivity index (χ2v) is 19.3. The molecule has 0 atom stereocenters. The van der Waals surface area contributed by atoms with Crippen LogP contribution >= 0.6 is 0 Å². The number of nitrogens with zero attached hydrogens (tertiary/aromatic N) is 5. The Morgan fingerprint density at radius 2 is 0.412 bits per heavy atom. The molecule has 68 heavy (non-hydrogen) atoms. The van der Waals surface area contributed by atoms with E-state index in [4.69, 9.17) is 0 Å². The first-order valence-electron chi connectivity index (χ1n) is 25.1. The van der Waals surface area contributed by atoms with Crippen molar-refractivity contribution in [2.24, 2.45) is 0 Å². The topological polar surface area (TPSA) is 183 Å². The van der Waals surface area contributed by atoms with Crippen molar-refractivity contribution in [1.82, 2.24) is 86.3 Å². The molecule has 0 amide bonds. The van der Waals surface area contributed by atoms with Crippen LogP contribution in [0, 0.1) is 0 Å². The predicted octanol–water partition coefficient (Wildman–Crippen LogP) is 3.12. The largest absolute Gasteiger partial charge is 0.360 e. The van der Waals surface area contributed by atoms with E-state index in [-0.39, 0.29) is 0 Å². The lowest BCUT2D eigenvalue weighted by Gasteiger charge is -2.23. The van der Waals surface area contributed by atoms with Crippen molar-refractivity contribution in [3.63, 3.8) is 0 Å². The third kappa shape index (κ3) is 16.7. The fraction of sp³-hybridized carbons (Fsp3) is 0.529. The maximum absolute atomic E-state index is 3.72. The van der Waals surface area contributed by atoms with E-state index >= 15 is 0 Å². The number of hydrogen-bond donors (Lipinski definition) is 12. The standard InChI is InChI=1S/C51H81N17/c1-64-34-46-10-4-40(58-46)28-52-16-22-67-24-18-54-30-42-6-12-48(60-42)36-65(2)37-49-13-7-43(61-49)31-55-19-25-68(23-17-53-29-41-5-11-47(35-64)59-41)27-21-57-33-45-9-15-51(63-45)39-66(3)38-50-14-8-44(62-50)32-56-20-26-67/h4-15,52-63H,16-39H2,1-3H3. The third-order valence-electron chi connectivity index (χ3n) is 13.0. The molecule has 6 aromatic heterocycles. The molecule has 3 aliphatic rings. The lowest BCUT2D eigenvalue weighted by molar-refractivity contribution is 0.270. The Kier molecular flexibility index (Phi) is 19.2. The molecule has 0 fully saturated rings. The maximum Gasteiger partial charge on any atom is 0.0386 e. The van der Waals surface area contributed by atoms with Gasteiger partial charge < -0.3 is 61.8 Å². The van der Waals surface area contributed by atoms with Gasteiger partial charge in [-0.3, -0.25) is 24.5 Å². The maximum atomic E-state index is 3.72. The monoisotopic (exact) mass is 932 g/mol. The van der Waals surface area contributed by atoms with Gasteiger partial charge >= 0.3 is 0 Å². The molecule has 0 spiro atoms. The SMILES string of the molecule is CN1Cc2ccc([nH]2)CNCCN2CCNCc3ccc([nH]3)CN(C)Cc3ccc([nH]3)CNCCN(CCNCc3ccc([nH]3)C1)CCNCc1ccc([nH]1)CN(C)Cc1ccc([nH]1)CNCC2. The quantitative estimate of drug-likeness (QED) is 0.108. The molecule has 0 aromatic carbocycles. The fourth-order valence-electron chi connectivity index (χ4n) is 9.46. The van der Waals surface area contributed by atoms with Gasteiger partial charge in [0.25, 0.3) is 0 Å². The van der Waals surface area contributed by atoms with Gasteiger partial charge in [-0.2, -0.15) is 0 Å². The van der Waals surface area contributed by atoms with Crippen LogP contribution in [0.4, 0.5) is 0 Å². The van der Waals surface area contributed by atoms with Crippen molar-refractivity contribution in [2.45, 2.75) is 78.5 Å². The van der Waals surface area contributed by atoms with Crippen molar-refractivity contribution in [2.75, 3.05) is 99.7 Å². The summed E-state index contributed by atoms with van der Waals surface area (Å²) >= 11 is 0. The van der Waals surface area contributed by atoms with Gasteiger partial charge in [-0.05, 0) is 93.9 Å². The molecular formula is C51H81N17. The normalized spacial score (nSPS) is 21.6. The molecule has 17 nitrogen and oxygen atoms in total. The number of nitrogens with one attached hydrogen (secondary N) is 12. The van der Waals surface area contributed by atoms with Crippen LogP contribution in [0.3, 0.4) is 0 Å². The highest BCUT2D eigenvalue weighted by Crippen LogP contribution is 2.13. The van der Waals surface area contributed by atoms with Crippen molar-refractivity contribution in [3.05, 3.63) is 141 Å². The van der Waals surface area contributed by atoms with Gasteiger partial charge in [0.2, 0.25) is 0 Å². The molecule has 6 aromatic rings. The Bertz CT molecular complexity index is 1900. The molecule has 0 saturated heterocycles. The van der Waals surface area contributed by atoms with Gasteiger partial charge in [-0.1, -0.05) is 0 Å². The van der Waals surface area contributed by atoms with Gasteiger partial charge in [0.15, 0.2) is 0 Å². The van der Waals surface area contributed by atoms with E-state index in [1.807, 2.05) is 0 Å². The van der Waals surface area contributed by atoms with E-state index < -0.39 is 0 Å². The van der Waals surface area contributed by atoms with E-state index in [1.54, 1.807) is 0 Å². The minimum Gasteiger partial charge on any atom is -0.360 e. The molecule has 14 bridgehead atoms. The Balaban J connectivity index is 0.953. The van der Waals surface area contributed by atoms with Gasteiger partial charge in [0.1, 0.15) is 0 Å². The molecule has 17 heteroatoms. The Morgan fingerprint density at radius 3 is 0.588 bits per heavy atom. The summed E-state index contributed by atoms with van der Waals surface area (Å²) in [5.41, 5.74) is 14.7. The summed E-state index contributed by atoms with van der Waals surface area (Å²) in [6, 6.07) is 26.7. The summed E-state index contributed by atoms with van der Waals surface area (Å²) in [5.74, 6) is 0. The van der Waals surface area contributed by atoms with E-state index in [0.29, 0.717) is 0 Å². The van der Waals surface area contributed by atoms with Crippen LogP contribution in [0.5, 0.6) is 0 Å². The van der Waals surface area contributed by atoms with Gasteiger partial charge in [-0.15, -0.1) is 0 Å². The van der Waals surface area contributed by atoms with Gasteiger partial charge in [-0.25, -0.2) is 0 Å². The number of H-pyrrole nitrogens is 6. The van der Waals surface area contributed by atoms with E-state index in [0.717, 1.165) is 157 Å². The summed E-state index contributed by atoms with van der Waals surface area (Å²) in [5, 5.41) is 22.3. The lowest BCUT2D eigenvalue weighted by Crippen LogP contribution is -2.40. The van der Waals surface area contributed by atoms with E-state index in [2.05, 4.69) is 180 Å². The Labute approximate surface area is 404 Å². The molecule has 9 heterocycles. The first-order valence-corrected chi connectivity index (χ1v) is 25.1. The molecule has 0 saturated carbocycles. The summed E-state index contributed by atoms with van der Waals surface area (Å²) in [7, 11) is 6.57. The molecule has 3 aliphatic heterocycles. The summed E-state index contributed by atoms with van der Waals surface area (Å²) < 4.78 is 0. The van der Waals surface area contributed by atoms with Crippen LogP contribution in [-0.4, -0.2) is 154 Å². The van der Waals surface area contributed by atoms with Crippen molar-refractivity contribution in [3.8, 4) is 0 Å². The molecule has 0 aliphatic carbocycles. The zero-order chi connectivity index (χ0) is 46.8. The number of aromatic nitrogens is 6. The van der Waals surface area contributed by atoms with Crippen molar-refractivity contribution < 1.29 is 0 Å². The average molecular weight is 932 g/mol. The zero-order valence-electron chi connectivity index (χ0n) is 41.1. The summed E-state index contributed by atoms with van der Waals surface area (Å²) in [4.78, 5) is 34.2. The Morgan fingerprint density at radius 1 is 0.250 bits per heavy atom. The van der Waals surface area contributed by atoms with Crippen LogP contribution < -0.4 is 31.9 Å². The first-order chi connectivity index (χ1) is 33.3. The van der Waals surface area contributed by atoms with Crippen molar-refractivity contribution >= 4 is 0 Å². The predicted molar refractivity (Wildman–Crippen MR) is 273 cm³/mol. The van der Waals surface area contributed by atoms with Gasteiger partial charge in [0.05, 0.1) is 0 Å². The minimum absolute atomic E-state index is 0.819. The number of fused-ring (bicyclic) bond motifs is 24. The van der Waals surface area contributed by atoms with Gasteiger partial charge in [0, 0.05) is 225 Å².